The molecule has 6 aliphatic rings. The van der Waals surface area contributed by atoms with Gasteiger partial charge in [0.2, 0.25) is 5.79 Å². The Bertz CT molecular complexity index is 1260. The SMILES string of the molecule is CC.CC1(C)COC2(CCC3=C4C(c5ccc(C6(CO)OCCO6)cc5)CC5(C)C(O)CCC5C4CCC3C2)OC1.FC(F)C(F)(F)F. The van der Waals surface area contributed by atoms with Crippen molar-refractivity contribution < 1.29 is 51.1 Å². The number of fused-ring (bicyclic) bond motifs is 4. The highest BCUT2D eigenvalue weighted by atomic mass is 19.4. The first-order valence-corrected chi connectivity index (χ1v) is 17.6. The lowest BCUT2D eigenvalue weighted by atomic mass is 9.52. The van der Waals surface area contributed by atoms with E-state index in [1.54, 1.807) is 11.1 Å². The van der Waals surface area contributed by atoms with Crippen LogP contribution < -0.4 is 0 Å². The molecule has 0 amide bonds. The topological polar surface area (TPSA) is 77.4 Å². The van der Waals surface area contributed by atoms with Gasteiger partial charge in [-0.15, -0.1) is 0 Å². The number of rotatable bonds is 3. The van der Waals surface area contributed by atoms with E-state index in [2.05, 4.69) is 45.0 Å². The molecule has 11 heteroatoms. The van der Waals surface area contributed by atoms with Gasteiger partial charge in [0.25, 0.3) is 0 Å². The van der Waals surface area contributed by atoms with Crippen LogP contribution in [0.1, 0.15) is 103 Å². The van der Waals surface area contributed by atoms with Gasteiger partial charge in [-0.05, 0) is 67.3 Å². The molecule has 0 bridgehead atoms. The van der Waals surface area contributed by atoms with Crippen LogP contribution >= 0.6 is 0 Å². The van der Waals surface area contributed by atoms with E-state index in [0.29, 0.717) is 36.9 Å². The number of hydrogen-bond acceptors (Lipinski definition) is 6. The molecule has 1 aromatic carbocycles. The maximum Gasteiger partial charge on any atom is 0.450 e. The molecule has 3 saturated carbocycles. The number of allylic oxidation sites excluding steroid dienone is 2. The predicted octanol–water partition coefficient (Wildman–Crippen LogP) is 8.26. The maximum atomic E-state index is 11.2. The van der Waals surface area contributed by atoms with Gasteiger partial charge in [-0.2, -0.15) is 13.2 Å². The Morgan fingerprint density at radius 2 is 1.48 bits per heavy atom. The highest BCUT2D eigenvalue weighted by Crippen LogP contribution is 2.65. The number of ether oxygens (including phenoxy) is 4. The zero-order chi connectivity index (χ0) is 35.1. The molecular formula is C37H53F5O6. The molecular weight excluding hydrogens is 635 g/mol. The van der Waals surface area contributed by atoms with Gasteiger partial charge >= 0.3 is 12.6 Å². The largest absolute Gasteiger partial charge is 0.450 e. The third-order valence-electron chi connectivity index (χ3n) is 11.7. The van der Waals surface area contributed by atoms with Gasteiger partial charge in [-0.1, -0.05) is 70.0 Å². The van der Waals surface area contributed by atoms with Crippen LogP contribution in [0.15, 0.2) is 35.4 Å². The van der Waals surface area contributed by atoms with Crippen LogP contribution in [0.5, 0.6) is 0 Å². The molecule has 2 heterocycles. The molecule has 2 N–H and O–H groups in total. The fraction of sp³-hybridized carbons (Fsp3) is 0.784. The zero-order valence-corrected chi connectivity index (χ0v) is 28.9. The van der Waals surface area contributed by atoms with Gasteiger partial charge in [0, 0.05) is 29.7 Å². The summed E-state index contributed by atoms with van der Waals surface area (Å²) in [6.07, 6.45) is -1.37. The average molecular weight is 689 g/mol. The van der Waals surface area contributed by atoms with E-state index in [-0.39, 0.29) is 23.5 Å². The van der Waals surface area contributed by atoms with Gasteiger partial charge < -0.3 is 29.2 Å². The lowest BCUT2D eigenvalue weighted by molar-refractivity contribution is -0.312. The van der Waals surface area contributed by atoms with E-state index in [1.807, 2.05) is 13.8 Å². The van der Waals surface area contributed by atoms with E-state index in [1.165, 1.54) is 18.4 Å². The summed E-state index contributed by atoms with van der Waals surface area (Å²) in [6, 6.07) is 8.61. The Kier molecular flexibility index (Phi) is 11.1. The summed E-state index contributed by atoms with van der Waals surface area (Å²) in [4.78, 5) is 0. The second-order valence-electron chi connectivity index (χ2n) is 15.3. The lowest BCUT2D eigenvalue weighted by Gasteiger charge is -2.55. The van der Waals surface area contributed by atoms with Gasteiger partial charge in [0.1, 0.15) is 6.61 Å². The standard InChI is InChI=1S/C33H46O6.C2HF5.C2H6/c1-30(2)19-38-32(39-20-30)13-12-24-22(16-32)6-9-25-27-10-11-28(35)31(27,3)17-26(29(24)25)21-4-7-23(8-5-21)33(18-34)36-14-15-37-33;3-1(4)2(5,6)7;1-2/h4-5,7-8,22,25-28,34-35H,6,9-20H2,1-3H3;1H;1-2H3. The summed E-state index contributed by atoms with van der Waals surface area (Å²) < 4.78 is 76.7. The van der Waals surface area contributed by atoms with Crippen LogP contribution in [0.25, 0.3) is 0 Å². The predicted molar refractivity (Wildman–Crippen MR) is 170 cm³/mol. The molecule has 48 heavy (non-hydrogen) atoms. The van der Waals surface area contributed by atoms with E-state index >= 15 is 0 Å². The van der Waals surface area contributed by atoms with Crippen molar-refractivity contribution >= 4 is 0 Å². The maximum absolute atomic E-state index is 11.2. The molecule has 6 nitrogen and oxygen atoms in total. The number of benzene rings is 1. The van der Waals surface area contributed by atoms with E-state index < -0.39 is 24.2 Å². The Balaban J connectivity index is 0.000000448. The minimum absolute atomic E-state index is 0.0496. The third-order valence-corrected chi connectivity index (χ3v) is 11.7. The summed E-state index contributed by atoms with van der Waals surface area (Å²) in [7, 11) is 0. The van der Waals surface area contributed by atoms with E-state index in [4.69, 9.17) is 18.9 Å². The highest BCUT2D eigenvalue weighted by Gasteiger charge is 2.58. The molecule has 4 aliphatic carbocycles. The van der Waals surface area contributed by atoms with E-state index in [9.17, 15) is 32.2 Å². The van der Waals surface area contributed by atoms with Crippen molar-refractivity contribution in [2.75, 3.05) is 33.0 Å². The molecule has 7 rings (SSSR count). The normalized spacial score (nSPS) is 34.7. The quantitative estimate of drug-likeness (QED) is 0.246. The number of alkyl halides is 5. The van der Waals surface area contributed by atoms with Crippen LogP contribution in [0.2, 0.25) is 0 Å². The zero-order valence-electron chi connectivity index (χ0n) is 28.9. The van der Waals surface area contributed by atoms with Crippen LogP contribution in [0.3, 0.4) is 0 Å². The van der Waals surface area contributed by atoms with E-state index in [0.717, 1.165) is 57.3 Å². The summed E-state index contributed by atoms with van der Waals surface area (Å²) >= 11 is 0. The molecule has 1 aromatic rings. The molecule has 0 radical (unpaired) electrons. The van der Waals surface area contributed by atoms with Crippen LogP contribution in [-0.4, -0.2) is 67.7 Å². The van der Waals surface area contributed by atoms with Gasteiger partial charge in [-0.25, -0.2) is 8.78 Å². The second-order valence-corrected chi connectivity index (χ2v) is 15.3. The fourth-order valence-corrected chi connectivity index (χ4v) is 9.27. The fourth-order valence-electron chi connectivity index (χ4n) is 9.27. The summed E-state index contributed by atoms with van der Waals surface area (Å²) in [5.74, 6) is 0.456. The first-order chi connectivity index (χ1) is 22.6. The molecule has 1 spiro atoms. The molecule has 272 valence electrons. The Labute approximate surface area is 281 Å². The molecule has 5 fully saturated rings. The number of aliphatic hydroxyl groups is 2. The van der Waals surface area contributed by atoms with Gasteiger partial charge in [0.05, 0.1) is 32.5 Å². The summed E-state index contributed by atoms with van der Waals surface area (Å²) in [6.45, 7) is 13.1. The first-order valence-electron chi connectivity index (χ1n) is 17.6. The monoisotopic (exact) mass is 688 g/mol. The van der Waals surface area contributed by atoms with Crippen molar-refractivity contribution in [3.05, 3.63) is 46.5 Å². The first kappa shape index (κ1) is 37.6. The molecule has 2 aliphatic heterocycles. The Morgan fingerprint density at radius 3 is 2.04 bits per heavy atom. The van der Waals surface area contributed by atoms with Crippen molar-refractivity contribution in [2.24, 2.45) is 28.6 Å². The minimum atomic E-state index is -5.33. The third kappa shape index (κ3) is 7.11. The highest BCUT2D eigenvalue weighted by molar-refractivity contribution is 5.42. The molecule has 6 atom stereocenters. The minimum Gasteiger partial charge on any atom is -0.393 e. The lowest BCUT2D eigenvalue weighted by Crippen LogP contribution is -2.52. The number of halogens is 5. The smallest absolute Gasteiger partial charge is 0.393 e. The Morgan fingerprint density at radius 1 is 0.875 bits per heavy atom. The number of hydrogen-bond donors (Lipinski definition) is 2. The molecule has 2 saturated heterocycles. The molecule has 0 aromatic heterocycles. The van der Waals surface area contributed by atoms with Crippen LogP contribution in [0, 0.1) is 28.6 Å². The van der Waals surface area contributed by atoms with Crippen molar-refractivity contribution in [1.29, 1.82) is 0 Å². The average Bonchev–Trinajstić information content (AvgIpc) is 3.68. The summed E-state index contributed by atoms with van der Waals surface area (Å²) in [5.41, 5.74) is 5.55. The second kappa shape index (κ2) is 14.2. The Hall–Kier alpha value is -1.63. The van der Waals surface area contributed by atoms with Crippen molar-refractivity contribution in [3.8, 4) is 0 Å². The number of aliphatic hydroxyl groups excluding tert-OH is 2. The van der Waals surface area contributed by atoms with Gasteiger partial charge in [0.15, 0.2) is 5.79 Å². The summed E-state index contributed by atoms with van der Waals surface area (Å²) in [5, 5.41) is 21.3. The van der Waals surface area contributed by atoms with Crippen molar-refractivity contribution in [3.63, 3.8) is 0 Å². The van der Waals surface area contributed by atoms with Crippen LogP contribution in [0.4, 0.5) is 22.0 Å². The van der Waals surface area contributed by atoms with Crippen LogP contribution in [-0.2, 0) is 24.7 Å². The molecule has 6 unspecified atom stereocenters. The van der Waals surface area contributed by atoms with Gasteiger partial charge in [-0.3, -0.25) is 0 Å². The van der Waals surface area contributed by atoms with Crippen molar-refractivity contribution in [1.82, 2.24) is 0 Å². The van der Waals surface area contributed by atoms with Crippen molar-refractivity contribution in [2.45, 2.75) is 122 Å².